The van der Waals surface area contributed by atoms with Gasteiger partial charge in [-0.2, -0.15) is 0 Å². The van der Waals surface area contributed by atoms with Gasteiger partial charge in [0.15, 0.2) is 0 Å². The summed E-state index contributed by atoms with van der Waals surface area (Å²) in [6, 6.07) is 2.43. The number of nitrogens with one attached hydrogen (secondary N) is 1. The van der Waals surface area contributed by atoms with Crippen LogP contribution >= 0.6 is 0 Å². The molecule has 0 bridgehead atoms. The van der Waals surface area contributed by atoms with Gasteiger partial charge in [-0.15, -0.1) is 0 Å². The van der Waals surface area contributed by atoms with E-state index in [2.05, 4.69) is 17.4 Å². The fourth-order valence-electron chi connectivity index (χ4n) is 2.13. The van der Waals surface area contributed by atoms with Gasteiger partial charge in [0.2, 0.25) is 0 Å². The van der Waals surface area contributed by atoms with Gasteiger partial charge < -0.3 is 4.42 Å². The maximum Gasteiger partial charge on any atom is 0.268 e. The monoisotopic (exact) mass is 237 g/mol. The molecule has 1 aliphatic rings. The van der Waals surface area contributed by atoms with Crippen molar-refractivity contribution in [2.45, 2.75) is 38.8 Å². The van der Waals surface area contributed by atoms with Crippen LogP contribution in [0.15, 0.2) is 10.5 Å². The molecule has 1 heterocycles. The van der Waals surface area contributed by atoms with Crippen molar-refractivity contribution >= 4 is 5.91 Å². The molecule has 1 aromatic heterocycles. The Hall–Kier alpha value is -1.33. The Morgan fingerprint density at radius 1 is 1.65 bits per heavy atom. The number of furan rings is 1. The lowest BCUT2D eigenvalue weighted by molar-refractivity contribution is 0.0952. The molecule has 0 saturated heterocycles. The second-order valence-electron chi connectivity index (χ2n) is 4.66. The minimum atomic E-state index is -0.302. The van der Waals surface area contributed by atoms with Crippen LogP contribution in [0.5, 0.6) is 0 Å². The molecule has 0 radical (unpaired) electrons. The van der Waals surface area contributed by atoms with E-state index in [4.69, 9.17) is 10.3 Å². The molecule has 3 N–H and O–H groups in total. The van der Waals surface area contributed by atoms with E-state index >= 15 is 0 Å². The van der Waals surface area contributed by atoms with E-state index in [1.54, 1.807) is 13.0 Å². The first-order valence-corrected chi connectivity index (χ1v) is 5.92. The first-order chi connectivity index (χ1) is 8.11. The summed E-state index contributed by atoms with van der Waals surface area (Å²) < 4.78 is 5.57. The summed E-state index contributed by atoms with van der Waals surface area (Å²) in [4.78, 5) is 13.7. The van der Waals surface area contributed by atoms with E-state index in [0.717, 1.165) is 12.3 Å². The number of nitrogens with zero attached hydrogens (tertiary/aromatic N) is 1. The highest BCUT2D eigenvalue weighted by Crippen LogP contribution is 2.25. The van der Waals surface area contributed by atoms with Crippen molar-refractivity contribution in [1.82, 2.24) is 10.3 Å². The summed E-state index contributed by atoms with van der Waals surface area (Å²) in [5.41, 5.74) is 2.64. The van der Waals surface area contributed by atoms with Crippen molar-refractivity contribution in [3.63, 3.8) is 0 Å². The van der Waals surface area contributed by atoms with Crippen LogP contribution in [0.1, 0.15) is 41.1 Å². The molecule has 0 aliphatic heterocycles. The van der Waals surface area contributed by atoms with Crippen LogP contribution in [0, 0.1) is 6.92 Å². The zero-order valence-corrected chi connectivity index (χ0v) is 10.3. The summed E-state index contributed by atoms with van der Waals surface area (Å²) in [6.45, 7) is 2.51. The number of hydrogen-bond donors (Lipinski definition) is 2. The number of nitrogens with two attached hydrogens (primary N) is 1. The van der Waals surface area contributed by atoms with E-state index in [-0.39, 0.29) is 5.91 Å². The predicted molar refractivity (Wildman–Crippen MR) is 64.2 cm³/mol. The molecule has 1 saturated carbocycles. The van der Waals surface area contributed by atoms with Gasteiger partial charge in [-0.05, 0) is 32.9 Å². The summed E-state index contributed by atoms with van der Waals surface area (Å²) in [6.07, 6.45) is 3.83. The number of amides is 1. The molecular formula is C12H19N3O2. The Morgan fingerprint density at radius 2 is 2.35 bits per heavy atom. The lowest BCUT2D eigenvalue weighted by Gasteiger charge is -2.34. The average molecular weight is 237 g/mol. The fourth-order valence-corrected chi connectivity index (χ4v) is 2.13. The van der Waals surface area contributed by atoms with Crippen LogP contribution in [0.3, 0.4) is 0 Å². The molecule has 17 heavy (non-hydrogen) atoms. The minimum absolute atomic E-state index is 0.302. The van der Waals surface area contributed by atoms with Gasteiger partial charge in [-0.25, -0.2) is 5.84 Å². The second kappa shape index (κ2) is 4.89. The number of carbonyl (C=O) groups excluding carboxylic acids is 1. The van der Waals surface area contributed by atoms with Crippen molar-refractivity contribution in [3.8, 4) is 0 Å². The van der Waals surface area contributed by atoms with E-state index in [1.807, 2.05) is 0 Å². The highest BCUT2D eigenvalue weighted by atomic mass is 16.3. The van der Waals surface area contributed by atoms with Gasteiger partial charge in [0.05, 0.1) is 12.1 Å². The van der Waals surface area contributed by atoms with E-state index in [1.165, 1.54) is 19.3 Å². The second-order valence-corrected chi connectivity index (χ2v) is 4.66. The maximum absolute atomic E-state index is 11.4. The highest BCUT2D eigenvalue weighted by Gasteiger charge is 2.23. The van der Waals surface area contributed by atoms with Crippen LogP contribution in [0.25, 0.3) is 0 Å². The Balaban J connectivity index is 2.03. The van der Waals surface area contributed by atoms with Crippen molar-refractivity contribution in [1.29, 1.82) is 0 Å². The Morgan fingerprint density at radius 3 is 2.88 bits per heavy atom. The molecule has 2 rings (SSSR count). The molecule has 1 aliphatic carbocycles. The Bertz CT molecular complexity index is 410. The topological polar surface area (TPSA) is 71.5 Å². The van der Waals surface area contributed by atoms with Gasteiger partial charge in [0.25, 0.3) is 5.91 Å². The molecule has 5 heteroatoms. The first kappa shape index (κ1) is 12.1. The number of hydrogen-bond acceptors (Lipinski definition) is 4. The number of aryl methyl sites for hydroxylation is 1. The zero-order valence-electron chi connectivity index (χ0n) is 10.3. The summed E-state index contributed by atoms with van der Waals surface area (Å²) in [5, 5.41) is 0. The predicted octanol–water partition coefficient (Wildman–Crippen LogP) is 1.18. The minimum Gasteiger partial charge on any atom is -0.464 e. The smallest absolute Gasteiger partial charge is 0.268 e. The lowest BCUT2D eigenvalue weighted by atomic mass is 9.92. The maximum atomic E-state index is 11.4. The molecule has 5 nitrogen and oxygen atoms in total. The molecule has 94 valence electrons. The fraction of sp³-hybridized carbons (Fsp3) is 0.583. The molecule has 0 aromatic carbocycles. The van der Waals surface area contributed by atoms with Crippen LogP contribution in [-0.4, -0.2) is 23.9 Å². The van der Waals surface area contributed by atoms with E-state index in [9.17, 15) is 4.79 Å². The van der Waals surface area contributed by atoms with Crippen LogP contribution < -0.4 is 11.3 Å². The normalized spacial score (nSPS) is 16.0. The average Bonchev–Trinajstić information content (AvgIpc) is 2.55. The standard InChI is InChI=1S/C12H19N3O2/c1-8-11(12(16)14-13)6-10(17-8)7-15(2)9-4-3-5-9/h6,9H,3-5,7,13H2,1-2H3,(H,14,16). The van der Waals surface area contributed by atoms with Gasteiger partial charge in [-0.3, -0.25) is 15.1 Å². The van der Waals surface area contributed by atoms with Crippen molar-refractivity contribution in [2.24, 2.45) is 5.84 Å². The summed E-state index contributed by atoms with van der Waals surface area (Å²) in [5.74, 6) is 6.24. The van der Waals surface area contributed by atoms with Crippen LogP contribution in [0.2, 0.25) is 0 Å². The third-order valence-electron chi connectivity index (χ3n) is 3.45. The molecule has 1 aromatic rings. The number of carbonyl (C=O) groups is 1. The summed E-state index contributed by atoms with van der Waals surface area (Å²) >= 11 is 0. The van der Waals surface area contributed by atoms with Crippen LogP contribution in [-0.2, 0) is 6.54 Å². The Labute approximate surface area is 101 Å². The molecule has 0 spiro atoms. The molecule has 1 amide bonds. The summed E-state index contributed by atoms with van der Waals surface area (Å²) in [7, 11) is 2.09. The number of hydrazine groups is 1. The van der Waals surface area contributed by atoms with Crippen molar-refractivity contribution < 1.29 is 9.21 Å². The highest BCUT2D eigenvalue weighted by molar-refractivity contribution is 5.94. The van der Waals surface area contributed by atoms with Crippen molar-refractivity contribution in [3.05, 3.63) is 23.2 Å². The van der Waals surface area contributed by atoms with Crippen molar-refractivity contribution in [2.75, 3.05) is 7.05 Å². The SMILES string of the molecule is Cc1oc(CN(C)C2CCC2)cc1C(=O)NN. The van der Waals surface area contributed by atoms with Gasteiger partial charge in [0.1, 0.15) is 11.5 Å². The number of nitrogen functional groups attached to an aromatic ring is 1. The Kier molecular flexibility index (Phi) is 3.49. The molecular weight excluding hydrogens is 218 g/mol. The quantitative estimate of drug-likeness (QED) is 0.468. The van der Waals surface area contributed by atoms with Gasteiger partial charge in [0, 0.05) is 6.04 Å². The van der Waals surface area contributed by atoms with E-state index < -0.39 is 0 Å². The zero-order chi connectivity index (χ0) is 12.4. The molecule has 0 atom stereocenters. The molecule has 0 unspecified atom stereocenters. The first-order valence-electron chi connectivity index (χ1n) is 5.92. The van der Waals surface area contributed by atoms with Gasteiger partial charge in [-0.1, -0.05) is 6.42 Å². The molecule has 1 fully saturated rings. The van der Waals surface area contributed by atoms with E-state index in [0.29, 0.717) is 17.4 Å². The van der Waals surface area contributed by atoms with Gasteiger partial charge >= 0.3 is 0 Å². The van der Waals surface area contributed by atoms with Crippen LogP contribution in [0.4, 0.5) is 0 Å². The lowest BCUT2D eigenvalue weighted by Crippen LogP contribution is -2.36. The third-order valence-corrected chi connectivity index (χ3v) is 3.45. The number of rotatable bonds is 4. The largest absolute Gasteiger partial charge is 0.464 e. The third kappa shape index (κ3) is 2.50.